The Morgan fingerprint density at radius 2 is 2.11 bits per heavy atom. The van der Waals surface area contributed by atoms with Crippen LogP contribution in [0.15, 0.2) is 36.7 Å². The van der Waals surface area contributed by atoms with Crippen molar-refractivity contribution >= 4 is 5.95 Å². The molecule has 2 aromatic rings. The molecule has 0 atom stereocenters. The van der Waals surface area contributed by atoms with Crippen LogP contribution in [0.5, 0.6) is 0 Å². The van der Waals surface area contributed by atoms with E-state index in [1.807, 2.05) is 22.9 Å². The predicted molar refractivity (Wildman–Crippen MR) is 73.0 cm³/mol. The summed E-state index contributed by atoms with van der Waals surface area (Å²) in [4.78, 5) is 4.34. The Balaban J connectivity index is 2.39. The highest BCUT2D eigenvalue weighted by molar-refractivity contribution is 5.47. The minimum absolute atomic E-state index is 0.348. The quantitative estimate of drug-likeness (QED) is 0.880. The highest BCUT2D eigenvalue weighted by atomic mass is 16.5. The number of imidazole rings is 1. The largest absolute Gasteiger partial charge is 0.380 e. The number of para-hydroxylation sites is 1. The van der Waals surface area contributed by atoms with Gasteiger partial charge in [-0.25, -0.2) is 4.98 Å². The summed E-state index contributed by atoms with van der Waals surface area (Å²) < 4.78 is 7.28. The van der Waals surface area contributed by atoms with Crippen LogP contribution in [0.4, 0.5) is 5.95 Å². The van der Waals surface area contributed by atoms with E-state index in [1.165, 1.54) is 0 Å². The zero-order valence-corrected chi connectivity index (χ0v) is 11.1. The summed E-state index contributed by atoms with van der Waals surface area (Å²) in [5, 5.41) is 3.33. The van der Waals surface area contributed by atoms with Crippen molar-refractivity contribution in [1.82, 2.24) is 9.55 Å². The maximum atomic E-state index is 5.23. The normalized spacial score (nSPS) is 10.9. The van der Waals surface area contributed by atoms with Crippen LogP contribution in [0.3, 0.4) is 0 Å². The van der Waals surface area contributed by atoms with Crippen LogP contribution in [-0.2, 0) is 11.3 Å². The van der Waals surface area contributed by atoms with E-state index < -0.39 is 0 Å². The molecule has 0 saturated carbocycles. The second kappa shape index (κ2) is 5.69. The summed E-state index contributed by atoms with van der Waals surface area (Å²) in [6.07, 6.45) is 3.76. The van der Waals surface area contributed by atoms with Gasteiger partial charge in [0.2, 0.25) is 5.95 Å². The van der Waals surface area contributed by atoms with Gasteiger partial charge in [-0.3, -0.25) is 4.57 Å². The van der Waals surface area contributed by atoms with Crippen molar-refractivity contribution in [2.75, 3.05) is 12.4 Å². The fraction of sp³-hybridized carbons (Fsp3) is 0.357. The average Bonchev–Trinajstić information content (AvgIpc) is 2.77. The van der Waals surface area contributed by atoms with Gasteiger partial charge in [0.15, 0.2) is 0 Å². The lowest BCUT2D eigenvalue weighted by molar-refractivity contribution is 0.185. The first-order chi connectivity index (χ1) is 8.72. The predicted octanol–water partition coefficient (Wildman–Crippen LogP) is 2.84. The van der Waals surface area contributed by atoms with Crippen LogP contribution in [0.1, 0.15) is 19.4 Å². The van der Waals surface area contributed by atoms with Gasteiger partial charge in [0, 0.05) is 31.1 Å². The van der Waals surface area contributed by atoms with E-state index >= 15 is 0 Å². The molecular weight excluding hydrogens is 226 g/mol. The van der Waals surface area contributed by atoms with E-state index in [0.717, 1.165) is 17.2 Å². The molecule has 2 rings (SSSR count). The first-order valence-electron chi connectivity index (χ1n) is 6.09. The van der Waals surface area contributed by atoms with Crippen LogP contribution in [0.25, 0.3) is 5.69 Å². The number of rotatable bonds is 5. The third kappa shape index (κ3) is 2.71. The number of methoxy groups -OCH3 is 1. The van der Waals surface area contributed by atoms with E-state index in [0.29, 0.717) is 12.6 Å². The van der Waals surface area contributed by atoms with Crippen LogP contribution >= 0.6 is 0 Å². The Bertz CT molecular complexity index is 505. The molecule has 4 nitrogen and oxygen atoms in total. The number of nitrogens with one attached hydrogen (secondary N) is 1. The summed E-state index contributed by atoms with van der Waals surface area (Å²) in [6.45, 7) is 4.79. The van der Waals surface area contributed by atoms with E-state index in [2.05, 4.69) is 36.3 Å². The van der Waals surface area contributed by atoms with E-state index in [1.54, 1.807) is 13.3 Å². The fourth-order valence-electron chi connectivity index (χ4n) is 1.89. The van der Waals surface area contributed by atoms with Gasteiger partial charge in [-0.15, -0.1) is 0 Å². The first kappa shape index (κ1) is 12.6. The molecule has 0 saturated heterocycles. The Morgan fingerprint density at radius 1 is 1.33 bits per heavy atom. The second-order valence-corrected chi connectivity index (χ2v) is 4.48. The van der Waals surface area contributed by atoms with Gasteiger partial charge in [-0.1, -0.05) is 18.2 Å². The van der Waals surface area contributed by atoms with Crippen LogP contribution in [0, 0.1) is 0 Å². The molecule has 96 valence electrons. The lowest BCUT2D eigenvalue weighted by Crippen LogP contribution is -2.14. The van der Waals surface area contributed by atoms with Crippen molar-refractivity contribution in [2.24, 2.45) is 0 Å². The third-order valence-electron chi connectivity index (χ3n) is 2.61. The first-order valence-corrected chi connectivity index (χ1v) is 6.09. The molecule has 0 unspecified atom stereocenters. The monoisotopic (exact) mass is 245 g/mol. The molecule has 0 aliphatic rings. The maximum absolute atomic E-state index is 5.23. The van der Waals surface area contributed by atoms with Crippen molar-refractivity contribution in [1.29, 1.82) is 0 Å². The zero-order valence-electron chi connectivity index (χ0n) is 11.1. The van der Waals surface area contributed by atoms with Gasteiger partial charge in [0.05, 0.1) is 12.3 Å². The number of benzene rings is 1. The highest BCUT2D eigenvalue weighted by Crippen LogP contribution is 2.19. The van der Waals surface area contributed by atoms with E-state index in [9.17, 15) is 0 Å². The van der Waals surface area contributed by atoms with Gasteiger partial charge in [-0.2, -0.15) is 0 Å². The van der Waals surface area contributed by atoms with Crippen molar-refractivity contribution in [2.45, 2.75) is 26.5 Å². The van der Waals surface area contributed by atoms with Crippen molar-refractivity contribution in [3.8, 4) is 5.69 Å². The Labute approximate surface area is 108 Å². The van der Waals surface area contributed by atoms with Crippen LogP contribution in [0.2, 0.25) is 0 Å². The zero-order chi connectivity index (χ0) is 13.0. The lowest BCUT2D eigenvalue weighted by atomic mass is 10.2. The molecule has 0 amide bonds. The Kier molecular flexibility index (Phi) is 3.99. The SMILES string of the molecule is COCc1ccccc1-n1ccnc1NC(C)C. The van der Waals surface area contributed by atoms with Crippen molar-refractivity contribution in [3.05, 3.63) is 42.2 Å². The van der Waals surface area contributed by atoms with Gasteiger partial charge in [-0.05, 0) is 19.9 Å². The molecule has 4 heteroatoms. The van der Waals surface area contributed by atoms with Gasteiger partial charge >= 0.3 is 0 Å². The number of hydrogen-bond acceptors (Lipinski definition) is 3. The second-order valence-electron chi connectivity index (χ2n) is 4.48. The molecule has 0 radical (unpaired) electrons. The summed E-state index contributed by atoms with van der Waals surface area (Å²) >= 11 is 0. The molecule has 0 aliphatic carbocycles. The van der Waals surface area contributed by atoms with Crippen molar-refractivity contribution < 1.29 is 4.74 Å². The third-order valence-corrected chi connectivity index (χ3v) is 2.61. The van der Waals surface area contributed by atoms with Crippen LogP contribution < -0.4 is 5.32 Å². The smallest absolute Gasteiger partial charge is 0.207 e. The molecule has 0 bridgehead atoms. The van der Waals surface area contributed by atoms with E-state index in [4.69, 9.17) is 4.74 Å². The van der Waals surface area contributed by atoms with Crippen LogP contribution in [-0.4, -0.2) is 22.7 Å². The molecule has 1 N–H and O–H groups in total. The molecule has 18 heavy (non-hydrogen) atoms. The summed E-state index contributed by atoms with van der Waals surface area (Å²) in [5.74, 6) is 0.855. The standard InChI is InChI=1S/C14H19N3O/c1-11(2)16-14-15-8-9-17(14)13-7-5-4-6-12(13)10-18-3/h4-9,11H,10H2,1-3H3,(H,15,16). The van der Waals surface area contributed by atoms with Crippen molar-refractivity contribution in [3.63, 3.8) is 0 Å². The van der Waals surface area contributed by atoms with Gasteiger partial charge in [0.1, 0.15) is 0 Å². The number of aromatic nitrogens is 2. The minimum atomic E-state index is 0.348. The fourth-order valence-corrected chi connectivity index (χ4v) is 1.89. The lowest BCUT2D eigenvalue weighted by Gasteiger charge is -2.15. The summed E-state index contributed by atoms with van der Waals surface area (Å²) in [5.41, 5.74) is 2.24. The molecule has 1 aromatic carbocycles. The molecule has 1 aromatic heterocycles. The average molecular weight is 245 g/mol. The number of ether oxygens (including phenoxy) is 1. The maximum Gasteiger partial charge on any atom is 0.207 e. The molecule has 0 aliphatic heterocycles. The number of nitrogens with zero attached hydrogens (tertiary/aromatic N) is 2. The molecule has 0 spiro atoms. The molecule has 1 heterocycles. The number of hydrogen-bond donors (Lipinski definition) is 1. The molecular formula is C14H19N3O. The van der Waals surface area contributed by atoms with Gasteiger partial charge in [0.25, 0.3) is 0 Å². The van der Waals surface area contributed by atoms with Gasteiger partial charge < -0.3 is 10.1 Å². The Hall–Kier alpha value is -1.81. The molecule has 0 fully saturated rings. The highest BCUT2D eigenvalue weighted by Gasteiger charge is 2.09. The summed E-state index contributed by atoms with van der Waals surface area (Å²) in [7, 11) is 1.71. The Morgan fingerprint density at radius 3 is 2.83 bits per heavy atom. The summed E-state index contributed by atoms with van der Waals surface area (Å²) in [6, 6.07) is 8.53. The topological polar surface area (TPSA) is 39.1 Å². The van der Waals surface area contributed by atoms with E-state index in [-0.39, 0.29) is 0 Å². The number of anilines is 1. The minimum Gasteiger partial charge on any atom is -0.380 e.